The zero-order chi connectivity index (χ0) is 16.9. The first kappa shape index (κ1) is 17.8. The minimum Gasteiger partial charge on any atom is -0.494 e. The summed E-state index contributed by atoms with van der Waals surface area (Å²) in [5, 5.41) is 3.09. The molecule has 1 aliphatic heterocycles. The SMILES string of the molecule is CCOc1ccc(C(=O)NCC(C)(C)N2CCCCC2)cc1C. The van der Waals surface area contributed by atoms with Gasteiger partial charge in [0.15, 0.2) is 0 Å². The Kier molecular flexibility index (Phi) is 6.05. The molecule has 128 valence electrons. The van der Waals surface area contributed by atoms with E-state index in [1.165, 1.54) is 19.3 Å². The molecule has 1 aromatic rings. The zero-order valence-electron chi connectivity index (χ0n) is 14.9. The molecule has 0 spiro atoms. The molecule has 0 atom stereocenters. The van der Waals surface area contributed by atoms with Gasteiger partial charge in [-0.1, -0.05) is 6.42 Å². The van der Waals surface area contributed by atoms with E-state index in [0.29, 0.717) is 18.7 Å². The van der Waals surface area contributed by atoms with E-state index in [4.69, 9.17) is 4.74 Å². The van der Waals surface area contributed by atoms with Crippen molar-refractivity contribution in [1.82, 2.24) is 10.2 Å². The van der Waals surface area contributed by atoms with Crippen molar-refractivity contribution >= 4 is 5.91 Å². The first-order valence-corrected chi connectivity index (χ1v) is 8.71. The summed E-state index contributed by atoms with van der Waals surface area (Å²) in [6, 6.07) is 5.61. The summed E-state index contributed by atoms with van der Waals surface area (Å²) < 4.78 is 5.53. The van der Waals surface area contributed by atoms with Gasteiger partial charge in [0.25, 0.3) is 5.91 Å². The standard InChI is InChI=1S/C19H30N2O2/c1-5-23-17-10-9-16(13-15(17)2)18(22)20-14-19(3,4)21-11-7-6-8-12-21/h9-10,13H,5-8,11-12,14H2,1-4H3,(H,20,22). The molecule has 4 heteroatoms. The van der Waals surface area contributed by atoms with Crippen LogP contribution in [0.25, 0.3) is 0 Å². The van der Waals surface area contributed by atoms with Crippen LogP contribution in [0, 0.1) is 6.92 Å². The fraction of sp³-hybridized carbons (Fsp3) is 0.632. The lowest BCUT2D eigenvalue weighted by atomic mass is 9.98. The molecule has 23 heavy (non-hydrogen) atoms. The summed E-state index contributed by atoms with van der Waals surface area (Å²) in [6.45, 7) is 11.9. The largest absolute Gasteiger partial charge is 0.494 e. The molecule has 0 aromatic heterocycles. The van der Waals surface area contributed by atoms with Crippen LogP contribution < -0.4 is 10.1 Å². The maximum atomic E-state index is 12.4. The van der Waals surface area contributed by atoms with Crippen molar-refractivity contribution < 1.29 is 9.53 Å². The lowest BCUT2D eigenvalue weighted by Gasteiger charge is -2.41. The highest BCUT2D eigenvalue weighted by atomic mass is 16.5. The van der Waals surface area contributed by atoms with Crippen LogP contribution in [0.3, 0.4) is 0 Å². The van der Waals surface area contributed by atoms with Crippen LogP contribution in [-0.4, -0.2) is 42.6 Å². The van der Waals surface area contributed by atoms with Crippen molar-refractivity contribution in [3.05, 3.63) is 29.3 Å². The van der Waals surface area contributed by atoms with E-state index in [2.05, 4.69) is 24.1 Å². The number of carbonyl (C=O) groups excluding carboxylic acids is 1. The predicted molar refractivity (Wildman–Crippen MR) is 94.2 cm³/mol. The maximum absolute atomic E-state index is 12.4. The van der Waals surface area contributed by atoms with Gasteiger partial charge in [0.2, 0.25) is 0 Å². The van der Waals surface area contributed by atoms with E-state index in [-0.39, 0.29) is 11.4 Å². The second-order valence-electron chi connectivity index (χ2n) is 6.96. The Labute approximate surface area is 140 Å². The highest BCUT2D eigenvalue weighted by Crippen LogP contribution is 2.21. The third kappa shape index (κ3) is 4.71. The minimum atomic E-state index is -0.0127. The molecule has 2 rings (SSSR count). The highest BCUT2D eigenvalue weighted by molar-refractivity contribution is 5.94. The van der Waals surface area contributed by atoms with Gasteiger partial charge in [0.05, 0.1) is 6.61 Å². The van der Waals surface area contributed by atoms with Crippen LogP contribution in [0.1, 0.15) is 56.0 Å². The quantitative estimate of drug-likeness (QED) is 0.874. The van der Waals surface area contributed by atoms with Gasteiger partial charge in [-0.15, -0.1) is 0 Å². The Hall–Kier alpha value is -1.55. The number of hydrogen-bond acceptors (Lipinski definition) is 3. The molecule has 0 aliphatic carbocycles. The molecule has 1 N–H and O–H groups in total. The minimum absolute atomic E-state index is 0.00358. The van der Waals surface area contributed by atoms with Gasteiger partial charge in [0, 0.05) is 17.6 Å². The van der Waals surface area contributed by atoms with E-state index in [0.717, 1.165) is 24.4 Å². The second-order valence-corrected chi connectivity index (χ2v) is 6.96. The molecule has 1 aliphatic rings. The number of rotatable bonds is 6. The number of carbonyl (C=O) groups is 1. The molecule has 0 bridgehead atoms. The molecule has 0 radical (unpaired) electrons. The van der Waals surface area contributed by atoms with Crippen molar-refractivity contribution in [1.29, 1.82) is 0 Å². The molecule has 1 amide bonds. The molecular formula is C19H30N2O2. The van der Waals surface area contributed by atoms with E-state index >= 15 is 0 Å². The molecule has 1 aromatic carbocycles. The van der Waals surface area contributed by atoms with E-state index in [1.54, 1.807) is 0 Å². The Bertz CT molecular complexity index is 534. The fourth-order valence-electron chi connectivity index (χ4n) is 3.12. The van der Waals surface area contributed by atoms with Gasteiger partial charge in [0.1, 0.15) is 5.75 Å². The number of nitrogens with one attached hydrogen (secondary N) is 1. The van der Waals surface area contributed by atoms with Crippen molar-refractivity contribution in [2.75, 3.05) is 26.2 Å². The number of amides is 1. The Morgan fingerprint density at radius 3 is 2.57 bits per heavy atom. The second kappa shape index (κ2) is 7.82. The number of benzene rings is 1. The summed E-state index contributed by atoms with van der Waals surface area (Å²) in [7, 11) is 0. The van der Waals surface area contributed by atoms with Gasteiger partial charge in [-0.3, -0.25) is 9.69 Å². The molecule has 1 fully saturated rings. The van der Waals surface area contributed by atoms with Crippen molar-refractivity contribution in [2.45, 2.75) is 52.5 Å². The van der Waals surface area contributed by atoms with Crippen molar-refractivity contribution in [2.24, 2.45) is 0 Å². The number of piperidine rings is 1. The van der Waals surface area contributed by atoms with Crippen LogP contribution in [0.15, 0.2) is 18.2 Å². The summed E-state index contributed by atoms with van der Waals surface area (Å²) >= 11 is 0. The first-order valence-electron chi connectivity index (χ1n) is 8.71. The summed E-state index contributed by atoms with van der Waals surface area (Å²) in [4.78, 5) is 14.9. The zero-order valence-corrected chi connectivity index (χ0v) is 14.9. The number of hydrogen-bond donors (Lipinski definition) is 1. The van der Waals surface area contributed by atoms with Crippen molar-refractivity contribution in [3.63, 3.8) is 0 Å². The van der Waals surface area contributed by atoms with Gasteiger partial charge in [-0.25, -0.2) is 0 Å². The molecule has 0 saturated carbocycles. The van der Waals surface area contributed by atoms with Crippen LogP contribution in [0.4, 0.5) is 0 Å². The van der Waals surface area contributed by atoms with E-state index in [9.17, 15) is 4.79 Å². The molecule has 1 saturated heterocycles. The highest BCUT2D eigenvalue weighted by Gasteiger charge is 2.28. The molecule has 1 heterocycles. The first-order chi connectivity index (χ1) is 10.9. The van der Waals surface area contributed by atoms with Gasteiger partial charge >= 0.3 is 0 Å². The van der Waals surface area contributed by atoms with Gasteiger partial charge in [-0.2, -0.15) is 0 Å². The maximum Gasteiger partial charge on any atom is 0.251 e. The van der Waals surface area contributed by atoms with Crippen LogP contribution in [0.2, 0.25) is 0 Å². The average molecular weight is 318 g/mol. The lowest BCUT2D eigenvalue weighted by molar-refractivity contribution is 0.0797. The van der Waals surface area contributed by atoms with Crippen molar-refractivity contribution in [3.8, 4) is 5.75 Å². The summed E-state index contributed by atoms with van der Waals surface area (Å²) in [5.41, 5.74) is 1.69. The Morgan fingerprint density at radius 2 is 1.96 bits per heavy atom. The molecule has 0 unspecified atom stereocenters. The number of aryl methyl sites for hydroxylation is 1. The number of nitrogens with zero attached hydrogens (tertiary/aromatic N) is 1. The van der Waals surface area contributed by atoms with Crippen LogP contribution in [0.5, 0.6) is 5.75 Å². The Balaban J connectivity index is 1.94. The normalized spacial score (nSPS) is 16.2. The van der Waals surface area contributed by atoms with E-state index < -0.39 is 0 Å². The fourth-order valence-corrected chi connectivity index (χ4v) is 3.12. The number of ether oxygens (including phenoxy) is 1. The molecular weight excluding hydrogens is 288 g/mol. The topological polar surface area (TPSA) is 41.6 Å². The Morgan fingerprint density at radius 1 is 1.26 bits per heavy atom. The molecule has 4 nitrogen and oxygen atoms in total. The van der Waals surface area contributed by atoms with E-state index in [1.807, 2.05) is 32.0 Å². The third-order valence-electron chi connectivity index (χ3n) is 4.63. The smallest absolute Gasteiger partial charge is 0.251 e. The van der Waals surface area contributed by atoms with Gasteiger partial charge in [-0.05, 0) is 77.4 Å². The monoisotopic (exact) mass is 318 g/mol. The summed E-state index contributed by atoms with van der Waals surface area (Å²) in [5.74, 6) is 0.832. The third-order valence-corrected chi connectivity index (χ3v) is 4.63. The summed E-state index contributed by atoms with van der Waals surface area (Å²) in [6.07, 6.45) is 3.84. The van der Waals surface area contributed by atoms with Crippen LogP contribution in [-0.2, 0) is 0 Å². The van der Waals surface area contributed by atoms with Gasteiger partial charge < -0.3 is 10.1 Å². The number of likely N-dealkylation sites (tertiary alicyclic amines) is 1. The van der Waals surface area contributed by atoms with Crippen LogP contribution >= 0.6 is 0 Å². The average Bonchev–Trinajstić information content (AvgIpc) is 2.55. The lowest BCUT2D eigenvalue weighted by Crippen LogP contribution is -2.53. The predicted octanol–water partition coefficient (Wildman–Crippen LogP) is 3.39.